The second-order valence-corrected chi connectivity index (χ2v) is 6.48. The lowest BCUT2D eigenvalue weighted by molar-refractivity contribution is 0.0998. The van der Waals surface area contributed by atoms with E-state index in [0.29, 0.717) is 22.2 Å². The van der Waals surface area contributed by atoms with E-state index in [9.17, 15) is 9.59 Å². The number of benzene rings is 1. The predicted molar refractivity (Wildman–Crippen MR) is 102 cm³/mol. The lowest BCUT2D eigenvalue weighted by atomic mass is 9.98. The van der Waals surface area contributed by atoms with Crippen molar-refractivity contribution in [2.45, 2.75) is 0 Å². The largest absolute Gasteiger partial charge is 0.366 e. The molecule has 7 nitrogen and oxygen atoms in total. The van der Waals surface area contributed by atoms with E-state index in [1.54, 1.807) is 42.7 Å². The van der Waals surface area contributed by atoms with Gasteiger partial charge in [0.2, 0.25) is 11.7 Å². The third-order valence-corrected chi connectivity index (χ3v) is 4.61. The topological polar surface area (TPSA) is 107 Å². The Bertz CT molecular complexity index is 1190. The first kappa shape index (κ1) is 17.3. The number of nitrogens with zero attached hydrogens (tertiary/aromatic N) is 3. The van der Waals surface area contributed by atoms with Gasteiger partial charge in [-0.15, -0.1) is 5.10 Å². The summed E-state index contributed by atoms with van der Waals surface area (Å²) in [5.74, 6) is -0.857. The maximum Gasteiger partial charge on any atom is 0.248 e. The standard InChI is InChI=1S/C18H11Cl2N5O2/c19-14-7-13(25(20)24-14)16(26)12-8-23-18-15(12)11(5-6-22-18)9-1-3-10(4-2-9)17(21)27/h1-8H,(H2,21,27)(H,22,23). The van der Waals surface area contributed by atoms with Crippen molar-refractivity contribution in [3.05, 3.63) is 70.8 Å². The van der Waals surface area contributed by atoms with Crippen LogP contribution in [0.1, 0.15) is 26.4 Å². The quantitative estimate of drug-likeness (QED) is 0.512. The number of fused-ring (bicyclic) bond motifs is 1. The van der Waals surface area contributed by atoms with Gasteiger partial charge in [0.05, 0.1) is 5.56 Å². The van der Waals surface area contributed by atoms with Crippen molar-refractivity contribution >= 4 is 46.1 Å². The van der Waals surface area contributed by atoms with E-state index in [2.05, 4.69) is 15.1 Å². The van der Waals surface area contributed by atoms with Crippen LogP contribution in [0.25, 0.3) is 22.2 Å². The van der Waals surface area contributed by atoms with Crippen LogP contribution in [0, 0.1) is 0 Å². The van der Waals surface area contributed by atoms with Crippen LogP contribution < -0.4 is 5.73 Å². The van der Waals surface area contributed by atoms with Crippen LogP contribution in [0.15, 0.2) is 48.8 Å². The van der Waals surface area contributed by atoms with Crippen molar-refractivity contribution in [3.8, 4) is 11.1 Å². The summed E-state index contributed by atoms with van der Waals surface area (Å²) >= 11 is 11.8. The van der Waals surface area contributed by atoms with Crippen LogP contribution >= 0.6 is 23.4 Å². The first-order valence-corrected chi connectivity index (χ1v) is 8.50. The highest BCUT2D eigenvalue weighted by molar-refractivity contribution is 6.31. The number of nitrogens with two attached hydrogens (primary N) is 1. The van der Waals surface area contributed by atoms with Crippen molar-refractivity contribution in [3.63, 3.8) is 0 Å². The summed E-state index contributed by atoms with van der Waals surface area (Å²) in [6.07, 6.45) is 3.20. The molecule has 134 valence electrons. The highest BCUT2D eigenvalue weighted by Gasteiger charge is 2.22. The maximum absolute atomic E-state index is 13.0. The molecule has 0 aliphatic heterocycles. The van der Waals surface area contributed by atoms with Gasteiger partial charge in [-0.25, -0.2) is 4.98 Å². The number of carbonyl (C=O) groups excluding carboxylic acids is 2. The second kappa shape index (κ2) is 6.53. The highest BCUT2D eigenvalue weighted by atomic mass is 35.5. The Morgan fingerprint density at radius 2 is 1.89 bits per heavy atom. The number of hydrogen-bond acceptors (Lipinski definition) is 4. The van der Waals surface area contributed by atoms with Gasteiger partial charge in [-0.05, 0) is 29.3 Å². The molecule has 4 aromatic rings. The Morgan fingerprint density at radius 3 is 2.52 bits per heavy atom. The van der Waals surface area contributed by atoms with Gasteiger partial charge in [0, 0.05) is 41.2 Å². The van der Waals surface area contributed by atoms with E-state index in [4.69, 9.17) is 29.1 Å². The molecule has 0 fully saturated rings. The Hall–Kier alpha value is -3.16. The SMILES string of the molecule is NC(=O)c1ccc(-c2ccnc3[nH]cc(C(=O)c4cc(Cl)nn4Cl)c23)cc1. The number of aromatic nitrogens is 4. The van der Waals surface area contributed by atoms with Crippen LogP contribution in [0.4, 0.5) is 0 Å². The third-order valence-electron chi connectivity index (χ3n) is 4.17. The number of ketones is 1. The first-order valence-electron chi connectivity index (χ1n) is 7.78. The zero-order valence-corrected chi connectivity index (χ0v) is 15.1. The van der Waals surface area contributed by atoms with Gasteiger partial charge in [-0.3, -0.25) is 9.59 Å². The normalized spacial score (nSPS) is 11.0. The van der Waals surface area contributed by atoms with Gasteiger partial charge in [-0.2, -0.15) is 4.20 Å². The molecule has 0 saturated heterocycles. The van der Waals surface area contributed by atoms with Gasteiger partial charge in [-0.1, -0.05) is 23.7 Å². The van der Waals surface area contributed by atoms with Crippen LogP contribution in [-0.2, 0) is 0 Å². The number of amides is 1. The summed E-state index contributed by atoms with van der Waals surface area (Å²) < 4.78 is 0.918. The van der Waals surface area contributed by atoms with E-state index in [0.717, 1.165) is 15.3 Å². The number of hydrogen-bond donors (Lipinski definition) is 2. The number of rotatable bonds is 4. The summed E-state index contributed by atoms with van der Waals surface area (Å²) in [5, 5.41) is 4.53. The van der Waals surface area contributed by atoms with Crippen molar-refractivity contribution in [2.75, 3.05) is 0 Å². The van der Waals surface area contributed by atoms with E-state index in [-0.39, 0.29) is 16.6 Å². The first-order chi connectivity index (χ1) is 13.0. The number of pyridine rings is 1. The Kier molecular flexibility index (Phi) is 4.18. The smallest absolute Gasteiger partial charge is 0.248 e. The summed E-state index contributed by atoms with van der Waals surface area (Å²) in [4.78, 5) is 31.5. The van der Waals surface area contributed by atoms with Crippen molar-refractivity contribution in [1.29, 1.82) is 0 Å². The monoisotopic (exact) mass is 399 g/mol. The molecule has 0 saturated carbocycles. The third kappa shape index (κ3) is 2.97. The second-order valence-electron chi connectivity index (χ2n) is 5.77. The molecule has 3 heterocycles. The average Bonchev–Trinajstić information content (AvgIpc) is 3.24. The van der Waals surface area contributed by atoms with Crippen LogP contribution in [0.3, 0.4) is 0 Å². The molecule has 27 heavy (non-hydrogen) atoms. The number of aromatic amines is 1. The number of primary amides is 1. The Morgan fingerprint density at radius 1 is 1.15 bits per heavy atom. The molecule has 1 amide bonds. The number of halogens is 2. The molecule has 3 N–H and O–H groups in total. The van der Waals surface area contributed by atoms with Crippen LogP contribution in [0.5, 0.6) is 0 Å². The Labute approximate surface area is 162 Å². The van der Waals surface area contributed by atoms with E-state index in [1.807, 2.05) is 0 Å². The number of carbonyl (C=O) groups is 2. The summed E-state index contributed by atoms with van der Waals surface area (Å²) in [6, 6.07) is 9.97. The summed E-state index contributed by atoms with van der Waals surface area (Å²) in [7, 11) is 0. The fraction of sp³-hybridized carbons (Fsp3) is 0. The minimum atomic E-state index is -0.508. The van der Waals surface area contributed by atoms with Crippen molar-refractivity contribution < 1.29 is 9.59 Å². The molecule has 0 unspecified atom stereocenters. The summed E-state index contributed by atoms with van der Waals surface area (Å²) in [5.41, 5.74) is 8.33. The van der Waals surface area contributed by atoms with Gasteiger partial charge in [0.25, 0.3) is 0 Å². The molecule has 1 aromatic carbocycles. The summed E-state index contributed by atoms with van der Waals surface area (Å²) in [6.45, 7) is 0. The average molecular weight is 400 g/mol. The van der Waals surface area contributed by atoms with Crippen molar-refractivity contribution in [2.24, 2.45) is 5.73 Å². The zero-order valence-electron chi connectivity index (χ0n) is 13.6. The molecule has 0 bridgehead atoms. The Balaban J connectivity index is 1.88. The molecule has 0 radical (unpaired) electrons. The lowest BCUT2D eigenvalue weighted by Gasteiger charge is -2.06. The van der Waals surface area contributed by atoms with Gasteiger partial charge in [0.15, 0.2) is 5.15 Å². The number of H-pyrrole nitrogens is 1. The molecule has 0 atom stereocenters. The molecule has 0 spiro atoms. The lowest BCUT2D eigenvalue weighted by Crippen LogP contribution is -2.10. The van der Waals surface area contributed by atoms with Gasteiger partial charge in [0.1, 0.15) is 11.3 Å². The molecule has 0 aliphatic carbocycles. The van der Waals surface area contributed by atoms with Gasteiger partial charge >= 0.3 is 0 Å². The fourth-order valence-electron chi connectivity index (χ4n) is 2.91. The molecule has 0 aliphatic rings. The molecular formula is C18H11Cl2N5O2. The maximum atomic E-state index is 13.0. The minimum absolute atomic E-state index is 0.119. The van der Waals surface area contributed by atoms with Crippen molar-refractivity contribution in [1.82, 2.24) is 19.3 Å². The molecule has 4 rings (SSSR count). The van der Waals surface area contributed by atoms with E-state index in [1.165, 1.54) is 6.07 Å². The van der Waals surface area contributed by atoms with E-state index >= 15 is 0 Å². The zero-order chi connectivity index (χ0) is 19.1. The van der Waals surface area contributed by atoms with E-state index < -0.39 is 5.91 Å². The van der Waals surface area contributed by atoms with Crippen LogP contribution in [0.2, 0.25) is 5.15 Å². The number of nitrogens with one attached hydrogen (secondary N) is 1. The predicted octanol–water partition coefficient (Wildman–Crippen LogP) is 3.41. The fourth-order valence-corrected chi connectivity index (χ4v) is 3.33. The van der Waals surface area contributed by atoms with Gasteiger partial charge < -0.3 is 10.7 Å². The molecular weight excluding hydrogens is 389 g/mol. The highest BCUT2D eigenvalue weighted by Crippen LogP contribution is 2.31. The molecule has 9 heteroatoms. The van der Waals surface area contributed by atoms with Crippen LogP contribution in [-0.4, -0.2) is 31.0 Å². The minimum Gasteiger partial charge on any atom is -0.366 e. The molecule has 3 aromatic heterocycles.